The average Bonchev–Trinajstić information content (AvgIpc) is 2.38. The Hall–Kier alpha value is -1.68. The van der Waals surface area contributed by atoms with Crippen molar-refractivity contribution in [1.29, 1.82) is 5.26 Å². The predicted molar refractivity (Wildman–Crippen MR) is 73.2 cm³/mol. The SMILES string of the molecule is N#Cc1cccc(CNc2ncncc2I)c1. The topological polar surface area (TPSA) is 61.6 Å². The van der Waals surface area contributed by atoms with E-state index in [2.05, 4.69) is 43.9 Å². The van der Waals surface area contributed by atoms with E-state index in [4.69, 9.17) is 5.26 Å². The van der Waals surface area contributed by atoms with Crippen molar-refractivity contribution < 1.29 is 0 Å². The lowest BCUT2D eigenvalue weighted by atomic mass is 10.1. The number of nitrogens with one attached hydrogen (secondary N) is 1. The zero-order chi connectivity index (χ0) is 12.1. The second-order valence-corrected chi connectivity index (χ2v) is 4.55. The molecule has 0 aliphatic carbocycles. The van der Waals surface area contributed by atoms with E-state index in [0.29, 0.717) is 12.1 Å². The van der Waals surface area contributed by atoms with E-state index in [0.717, 1.165) is 15.0 Å². The molecule has 0 aliphatic rings. The molecule has 0 saturated heterocycles. The Morgan fingerprint density at radius 2 is 2.29 bits per heavy atom. The molecule has 17 heavy (non-hydrogen) atoms. The number of aromatic nitrogens is 2. The van der Waals surface area contributed by atoms with Crippen LogP contribution in [-0.2, 0) is 6.54 Å². The van der Waals surface area contributed by atoms with Crippen molar-refractivity contribution >= 4 is 28.4 Å². The smallest absolute Gasteiger partial charge is 0.143 e. The van der Waals surface area contributed by atoms with Gasteiger partial charge in [0.25, 0.3) is 0 Å². The first-order valence-electron chi connectivity index (χ1n) is 4.98. The van der Waals surface area contributed by atoms with E-state index in [9.17, 15) is 0 Å². The summed E-state index contributed by atoms with van der Waals surface area (Å²) >= 11 is 2.18. The van der Waals surface area contributed by atoms with Crippen molar-refractivity contribution in [3.05, 3.63) is 51.5 Å². The summed E-state index contributed by atoms with van der Waals surface area (Å²) in [6, 6.07) is 9.62. The standard InChI is InChI=1S/C12H9IN4/c13-11-7-15-8-17-12(11)16-6-10-3-1-2-9(4-10)5-14/h1-4,7-8H,6H2,(H,15,16,17). The number of halogens is 1. The maximum atomic E-state index is 8.80. The zero-order valence-electron chi connectivity index (χ0n) is 8.89. The van der Waals surface area contributed by atoms with Gasteiger partial charge >= 0.3 is 0 Å². The lowest BCUT2D eigenvalue weighted by Crippen LogP contribution is -2.03. The normalized spacial score (nSPS) is 9.65. The highest BCUT2D eigenvalue weighted by molar-refractivity contribution is 14.1. The molecule has 1 N–H and O–H groups in total. The van der Waals surface area contributed by atoms with Crippen LogP contribution in [0.4, 0.5) is 5.82 Å². The number of nitrogens with zero attached hydrogens (tertiary/aromatic N) is 3. The molecule has 0 saturated carbocycles. The fraction of sp³-hybridized carbons (Fsp3) is 0.0833. The summed E-state index contributed by atoms with van der Waals surface area (Å²) in [5.41, 5.74) is 1.72. The Labute approximate surface area is 113 Å². The van der Waals surface area contributed by atoms with Crippen LogP contribution in [0.1, 0.15) is 11.1 Å². The van der Waals surface area contributed by atoms with Crippen molar-refractivity contribution in [1.82, 2.24) is 9.97 Å². The summed E-state index contributed by atoms with van der Waals surface area (Å²) in [6.07, 6.45) is 3.26. The van der Waals surface area contributed by atoms with Crippen molar-refractivity contribution in [2.24, 2.45) is 0 Å². The minimum Gasteiger partial charge on any atom is -0.365 e. The van der Waals surface area contributed by atoms with Crippen molar-refractivity contribution in [3.63, 3.8) is 0 Å². The fourth-order valence-electron chi connectivity index (χ4n) is 1.38. The molecule has 1 aromatic heterocycles. The molecule has 2 rings (SSSR count). The lowest BCUT2D eigenvalue weighted by molar-refractivity contribution is 1.07. The van der Waals surface area contributed by atoms with Gasteiger partial charge in [0.1, 0.15) is 12.1 Å². The number of benzene rings is 1. The van der Waals surface area contributed by atoms with E-state index in [1.165, 1.54) is 6.33 Å². The van der Waals surface area contributed by atoms with Crippen LogP contribution in [0.5, 0.6) is 0 Å². The van der Waals surface area contributed by atoms with Gasteiger partial charge in [-0.2, -0.15) is 5.26 Å². The molecular weight excluding hydrogens is 327 g/mol. The maximum absolute atomic E-state index is 8.80. The van der Waals surface area contributed by atoms with Gasteiger partial charge in [0.15, 0.2) is 0 Å². The number of hydrogen-bond acceptors (Lipinski definition) is 4. The van der Waals surface area contributed by atoms with E-state index < -0.39 is 0 Å². The summed E-state index contributed by atoms with van der Waals surface area (Å²) in [7, 11) is 0. The Morgan fingerprint density at radius 3 is 3.06 bits per heavy atom. The van der Waals surface area contributed by atoms with E-state index in [-0.39, 0.29) is 0 Å². The van der Waals surface area contributed by atoms with Crippen LogP contribution in [0.3, 0.4) is 0 Å². The molecular formula is C12H9IN4. The summed E-state index contributed by atoms with van der Waals surface area (Å²) in [5, 5.41) is 12.0. The van der Waals surface area contributed by atoms with Gasteiger partial charge in [-0.1, -0.05) is 12.1 Å². The molecule has 0 fully saturated rings. The number of rotatable bonds is 3. The molecule has 1 aromatic carbocycles. The maximum Gasteiger partial charge on any atom is 0.143 e. The Bertz CT molecular complexity index is 562. The van der Waals surface area contributed by atoms with Gasteiger partial charge in [-0.05, 0) is 40.3 Å². The molecule has 0 radical (unpaired) electrons. The molecule has 1 heterocycles. The third-order valence-corrected chi connectivity index (χ3v) is 2.97. The molecule has 0 spiro atoms. The molecule has 0 aliphatic heterocycles. The quantitative estimate of drug-likeness (QED) is 0.875. The third kappa shape index (κ3) is 3.14. The van der Waals surface area contributed by atoms with Gasteiger partial charge in [0, 0.05) is 12.7 Å². The summed E-state index contributed by atoms with van der Waals surface area (Å²) < 4.78 is 0.974. The van der Waals surface area contributed by atoms with Crippen LogP contribution in [-0.4, -0.2) is 9.97 Å². The highest BCUT2D eigenvalue weighted by atomic mass is 127. The van der Waals surface area contributed by atoms with Crippen LogP contribution < -0.4 is 5.32 Å². The minimum atomic E-state index is 0.641. The monoisotopic (exact) mass is 336 g/mol. The summed E-state index contributed by atoms with van der Waals surface area (Å²) in [6.45, 7) is 0.641. The largest absolute Gasteiger partial charge is 0.365 e. The van der Waals surface area contributed by atoms with Gasteiger partial charge in [-0.15, -0.1) is 0 Å². The molecule has 0 atom stereocenters. The Morgan fingerprint density at radius 1 is 1.41 bits per heavy atom. The highest BCUT2D eigenvalue weighted by Gasteiger charge is 2.00. The molecule has 0 unspecified atom stereocenters. The van der Waals surface area contributed by atoms with Crippen LogP contribution in [0.25, 0.3) is 0 Å². The molecule has 0 bridgehead atoms. The fourth-order valence-corrected chi connectivity index (χ4v) is 1.87. The number of nitriles is 1. The lowest BCUT2D eigenvalue weighted by Gasteiger charge is -2.06. The van der Waals surface area contributed by atoms with Crippen LogP contribution >= 0.6 is 22.6 Å². The van der Waals surface area contributed by atoms with Crippen LogP contribution in [0.2, 0.25) is 0 Å². The second-order valence-electron chi connectivity index (χ2n) is 3.39. The summed E-state index contributed by atoms with van der Waals surface area (Å²) in [4.78, 5) is 8.07. The number of anilines is 1. The zero-order valence-corrected chi connectivity index (χ0v) is 11.0. The van der Waals surface area contributed by atoms with Gasteiger partial charge in [0.2, 0.25) is 0 Å². The first kappa shape index (κ1) is 11.8. The van der Waals surface area contributed by atoms with Crippen molar-refractivity contribution in [3.8, 4) is 6.07 Å². The van der Waals surface area contributed by atoms with Gasteiger partial charge in [-0.3, -0.25) is 0 Å². The van der Waals surface area contributed by atoms with Crippen molar-refractivity contribution in [2.45, 2.75) is 6.54 Å². The highest BCUT2D eigenvalue weighted by Crippen LogP contribution is 2.14. The number of hydrogen-bond donors (Lipinski definition) is 1. The first-order chi connectivity index (χ1) is 8.29. The van der Waals surface area contributed by atoms with Gasteiger partial charge < -0.3 is 5.32 Å². The molecule has 0 amide bonds. The van der Waals surface area contributed by atoms with Crippen LogP contribution in [0, 0.1) is 14.9 Å². The first-order valence-corrected chi connectivity index (χ1v) is 6.06. The molecule has 2 aromatic rings. The Balaban J connectivity index is 2.08. The predicted octanol–water partition coefficient (Wildman–Crippen LogP) is 2.56. The van der Waals surface area contributed by atoms with E-state index in [1.54, 1.807) is 12.3 Å². The van der Waals surface area contributed by atoms with Crippen molar-refractivity contribution in [2.75, 3.05) is 5.32 Å². The van der Waals surface area contributed by atoms with E-state index >= 15 is 0 Å². The molecule has 84 valence electrons. The van der Waals surface area contributed by atoms with Gasteiger partial charge in [-0.25, -0.2) is 9.97 Å². The second kappa shape index (κ2) is 5.59. The average molecular weight is 336 g/mol. The van der Waals surface area contributed by atoms with E-state index in [1.807, 2.05) is 18.2 Å². The third-order valence-electron chi connectivity index (χ3n) is 2.18. The Kier molecular flexibility index (Phi) is 3.88. The molecule has 4 nitrogen and oxygen atoms in total. The molecule has 5 heteroatoms. The minimum absolute atomic E-state index is 0.641. The van der Waals surface area contributed by atoms with Crippen LogP contribution in [0.15, 0.2) is 36.8 Å². The summed E-state index contributed by atoms with van der Waals surface area (Å²) in [5.74, 6) is 0.808. The van der Waals surface area contributed by atoms with Gasteiger partial charge in [0.05, 0.1) is 15.2 Å².